The van der Waals surface area contributed by atoms with Gasteiger partial charge in [0.05, 0.1) is 12.2 Å². The summed E-state index contributed by atoms with van der Waals surface area (Å²) < 4.78 is 5.45. The van der Waals surface area contributed by atoms with E-state index < -0.39 is 0 Å². The fraction of sp³-hybridized carbons (Fsp3) is 0.800. The van der Waals surface area contributed by atoms with Crippen LogP contribution in [0.4, 0.5) is 0 Å². The highest BCUT2D eigenvalue weighted by molar-refractivity contribution is 5.06. The number of aromatic nitrogens is 1. The Kier molecular flexibility index (Phi) is 4.63. The molecule has 0 bridgehead atoms. The van der Waals surface area contributed by atoms with Crippen molar-refractivity contribution in [3.05, 3.63) is 17.5 Å². The van der Waals surface area contributed by atoms with Crippen LogP contribution in [0.15, 0.2) is 10.6 Å². The zero-order valence-corrected chi connectivity index (χ0v) is 12.7. The predicted molar refractivity (Wildman–Crippen MR) is 76.8 cm³/mol. The molecule has 2 rings (SSSR count). The molecule has 2 heterocycles. The van der Waals surface area contributed by atoms with Crippen LogP contribution in [0.2, 0.25) is 0 Å². The molecule has 4 nitrogen and oxygen atoms in total. The number of rotatable bonds is 5. The second-order valence-electron chi connectivity index (χ2n) is 6.56. The van der Waals surface area contributed by atoms with Gasteiger partial charge in [-0.25, -0.2) is 0 Å². The monoisotopic (exact) mass is 265 g/mol. The first kappa shape index (κ1) is 14.5. The van der Waals surface area contributed by atoms with Gasteiger partial charge in [0.1, 0.15) is 0 Å². The lowest BCUT2D eigenvalue weighted by molar-refractivity contribution is 0.210. The van der Waals surface area contributed by atoms with Crippen molar-refractivity contribution in [2.24, 2.45) is 0 Å². The van der Waals surface area contributed by atoms with Gasteiger partial charge in [-0.2, -0.15) is 0 Å². The molecule has 108 valence electrons. The summed E-state index contributed by atoms with van der Waals surface area (Å²) in [7, 11) is 0. The number of likely N-dealkylation sites (tertiary alicyclic amines) is 1. The van der Waals surface area contributed by atoms with Crippen molar-refractivity contribution >= 4 is 0 Å². The van der Waals surface area contributed by atoms with E-state index >= 15 is 0 Å². The zero-order valence-electron chi connectivity index (χ0n) is 12.7. The van der Waals surface area contributed by atoms with Gasteiger partial charge in [0.2, 0.25) is 0 Å². The number of hydrogen-bond donors (Lipinski definition) is 1. The highest BCUT2D eigenvalue weighted by Crippen LogP contribution is 2.22. The molecule has 1 N–H and O–H groups in total. The molecule has 1 aromatic heterocycles. The smallest absolute Gasteiger partial charge is 0.151 e. The summed E-state index contributed by atoms with van der Waals surface area (Å²) >= 11 is 0. The van der Waals surface area contributed by atoms with Crippen LogP contribution >= 0.6 is 0 Å². The van der Waals surface area contributed by atoms with Crippen LogP contribution in [0, 0.1) is 0 Å². The molecule has 19 heavy (non-hydrogen) atoms. The third-order valence-electron chi connectivity index (χ3n) is 3.74. The SMILES string of the molecule is CCC1CCCN1Cc1cc(CNC(C)(C)C)no1. The van der Waals surface area contributed by atoms with Crippen molar-refractivity contribution in [1.82, 2.24) is 15.4 Å². The minimum Gasteiger partial charge on any atom is -0.360 e. The molecular formula is C15H27N3O. The quantitative estimate of drug-likeness (QED) is 0.888. The Labute approximate surface area is 116 Å². The maximum atomic E-state index is 5.45. The van der Waals surface area contributed by atoms with Gasteiger partial charge in [-0.05, 0) is 46.6 Å². The lowest BCUT2D eigenvalue weighted by Gasteiger charge is -2.21. The van der Waals surface area contributed by atoms with E-state index in [1.807, 2.05) is 0 Å². The second-order valence-corrected chi connectivity index (χ2v) is 6.56. The second kappa shape index (κ2) is 6.06. The summed E-state index contributed by atoms with van der Waals surface area (Å²) in [5, 5.41) is 7.58. The molecule has 0 aliphatic carbocycles. The maximum absolute atomic E-state index is 5.45. The van der Waals surface area contributed by atoms with Crippen LogP contribution in [0.25, 0.3) is 0 Å². The summed E-state index contributed by atoms with van der Waals surface area (Å²) in [5.74, 6) is 0.992. The first-order valence-electron chi connectivity index (χ1n) is 7.41. The van der Waals surface area contributed by atoms with Gasteiger partial charge >= 0.3 is 0 Å². The Morgan fingerprint density at radius 3 is 2.95 bits per heavy atom. The molecule has 1 saturated heterocycles. The van der Waals surface area contributed by atoms with Crippen molar-refractivity contribution in [2.75, 3.05) is 6.54 Å². The van der Waals surface area contributed by atoms with Crippen molar-refractivity contribution in [2.45, 2.75) is 71.6 Å². The molecule has 0 amide bonds. The lowest BCUT2D eigenvalue weighted by atomic mass is 10.1. The van der Waals surface area contributed by atoms with Crippen LogP contribution in [-0.2, 0) is 13.1 Å². The lowest BCUT2D eigenvalue weighted by Crippen LogP contribution is -2.35. The topological polar surface area (TPSA) is 41.3 Å². The van der Waals surface area contributed by atoms with E-state index in [1.54, 1.807) is 0 Å². The van der Waals surface area contributed by atoms with E-state index in [4.69, 9.17) is 4.52 Å². The molecule has 0 aromatic carbocycles. The first-order chi connectivity index (χ1) is 8.98. The predicted octanol–water partition coefficient (Wildman–Crippen LogP) is 2.94. The Balaban J connectivity index is 1.87. The fourth-order valence-corrected chi connectivity index (χ4v) is 2.64. The van der Waals surface area contributed by atoms with Crippen LogP contribution in [-0.4, -0.2) is 28.2 Å². The van der Waals surface area contributed by atoms with Gasteiger partial charge in [0.25, 0.3) is 0 Å². The van der Waals surface area contributed by atoms with Gasteiger partial charge in [0, 0.05) is 24.2 Å². The molecule has 1 atom stereocenters. The Morgan fingerprint density at radius 1 is 1.47 bits per heavy atom. The Hall–Kier alpha value is -0.870. The number of hydrogen-bond acceptors (Lipinski definition) is 4. The standard InChI is InChI=1S/C15H27N3O/c1-5-13-7-6-8-18(13)11-14-9-12(17-19-14)10-16-15(2,3)4/h9,13,16H,5-8,10-11H2,1-4H3. The third-order valence-corrected chi connectivity index (χ3v) is 3.74. The van der Waals surface area contributed by atoms with E-state index in [-0.39, 0.29) is 5.54 Å². The highest BCUT2D eigenvalue weighted by Gasteiger charge is 2.24. The first-order valence-corrected chi connectivity index (χ1v) is 7.41. The molecule has 1 aromatic rings. The summed E-state index contributed by atoms with van der Waals surface area (Å²) in [6, 6.07) is 2.81. The molecular weight excluding hydrogens is 238 g/mol. The Morgan fingerprint density at radius 2 is 2.26 bits per heavy atom. The molecule has 1 fully saturated rings. The van der Waals surface area contributed by atoms with E-state index in [0.717, 1.165) is 30.6 Å². The number of nitrogens with zero attached hydrogens (tertiary/aromatic N) is 2. The molecule has 0 spiro atoms. The summed E-state index contributed by atoms with van der Waals surface area (Å²) in [4.78, 5) is 2.52. The van der Waals surface area contributed by atoms with Gasteiger partial charge in [-0.3, -0.25) is 4.90 Å². The van der Waals surface area contributed by atoms with E-state index in [2.05, 4.69) is 49.1 Å². The minimum atomic E-state index is 0.112. The minimum absolute atomic E-state index is 0.112. The molecule has 0 saturated carbocycles. The van der Waals surface area contributed by atoms with Crippen molar-refractivity contribution in [3.8, 4) is 0 Å². The van der Waals surface area contributed by atoms with Gasteiger partial charge in [-0.1, -0.05) is 12.1 Å². The van der Waals surface area contributed by atoms with Crippen molar-refractivity contribution in [1.29, 1.82) is 0 Å². The number of nitrogens with one attached hydrogen (secondary N) is 1. The summed E-state index contributed by atoms with van der Waals surface area (Å²) in [6.45, 7) is 11.6. The van der Waals surface area contributed by atoms with E-state index in [0.29, 0.717) is 0 Å². The summed E-state index contributed by atoms with van der Waals surface area (Å²) in [5.41, 5.74) is 1.11. The molecule has 1 unspecified atom stereocenters. The zero-order chi connectivity index (χ0) is 13.9. The van der Waals surface area contributed by atoms with Gasteiger partial charge < -0.3 is 9.84 Å². The van der Waals surface area contributed by atoms with Crippen LogP contribution < -0.4 is 5.32 Å². The molecule has 1 aliphatic rings. The summed E-state index contributed by atoms with van der Waals surface area (Å²) in [6.07, 6.45) is 3.86. The Bertz CT molecular complexity index is 394. The maximum Gasteiger partial charge on any atom is 0.151 e. The van der Waals surface area contributed by atoms with Crippen molar-refractivity contribution < 1.29 is 4.52 Å². The van der Waals surface area contributed by atoms with E-state index in [1.165, 1.54) is 25.8 Å². The normalized spacial score (nSPS) is 21.2. The molecule has 0 radical (unpaired) electrons. The third kappa shape index (κ3) is 4.32. The molecule has 1 aliphatic heterocycles. The van der Waals surface area contributed by atoms with Crippen LogP contribution in [0.5, 0.6) is 0 Å². The van der Waals surface area contributed by atoms with Gasteiger partial charge in [0.15, 0.2) is 5.76 Å². The average Bonchev–Trinajstić information content (AvgIpc) is 2.95. The van der Waals surface area contributed by atoms with Crippen LogP contribution in [0.3, 0.4) is 0 Å². The van der Waals surface area contributed by atoms with Gasteiger partial charge in [-0.15, -0.1) is 0 Å². The average molecular weight is 265 g/mol. The molecule has 4 heteroatoms. The van der Waals surface area contributed by atoms with Crippen molar-refractivity contribution in [3.63, 3.8) is 0 Å². The van der Waals surface area contributed by atoms with Crippen LogP contribution in [0.1, 0.15) is 58.4 Å². The fourth-order valence-electron chi connectivity index (χ4n) is 2.64. The largest absolute Gasteiger partial charge is 0.360 e. The van der Waals surface area contributed by atoms with E-state index in [9.17, 15) is 0 Å². The highest BCUT2D eigenvalue weighted by atomic mass is 16.5.